The Hall–Kier alpha value is -2.73. The zero-order chi connectivity index (χ0) is 18.6. The fraction of sp³-hybridized carbons (Fsp3) is 0.222. The van der Waals surface area contributed by atoms with E-state index in [1.54, 1.807) is 25.1 Å². The summed E-state index contributed by atoms with van der Waals surface area (Å²) in [4.78, 5) is 24.4. The molecule has 0 aliphatic carbocycles. The Morgan fingerprint density at radius 3 is 2.60 bits per heavy atom. The van der Waals surface area contributed by atoms with Gasteiger partial charge < -0.3 is 19.9 Å². The number of hydrogen-bond acceptors (Lipinski definition) is 5. The number of phenolic OH excluding ortho intramolecular Hbond substituents is 1. The van der Waals surface area contributed by atoms with Crippen LogP contribution in [0.4, 0.5) is 5.69 Å². The van der Waals surface area contributed by atoms with Crippen LogP contribution in [-0.4, -0.2) is 30.2 Å². The van der Waals surface area contributed by atoms with Crippen LogP contribution in [0.1, 0.15) is 22.8 Å². The smallest absolute Gasteiger partial charge is 0.342 e. The zero-order valence-corrected chi connectivity index (χ0v) is 14.8. The predicted octanol–water partition coefficient (Wildman–Crippen LogP) is 3.55. The molecule has 25 heavy (non-hydrogen) atoms. The number of carbonyl (C=O) groups is 2. The molecule has 132 valence electrons. The lowest BCUT2D eigenvalue weighted by Crippen LogP contribution is -2.30. The van der Waals surface area contributed by atoms with E-state index in [9.17, 15) is 14.7 Å². The van der Waals surface area contributed by atoms with Gasteiger partial charge in [0.25, 0.3) is 5.91 Å². The Kier molecular flexibility index (Phi) is 5.88. The highest BCUT2D eigenvalue weighted by molar-refractivity contribution is 6.31. The molecular formula is C18H18ClNO5. The fourth-order valence-corrected chi connectivity index (χ4v) is 2.28. The Bertz CT molecular complexity index is 806. The molecule has 0 aromatic heterocycles. The Labute approximate surface area is 150 Å². The van der Waals surface area contributed by atoms with Gasteiger partial charge in [0.1, 0.15) is 17.1 Å². The summed E-state index contributed by atoms with van der Waals surface area (Å²) in [5.41, 5.74) is 1.15. The van der Waals surface area contributed by atoms with Crippen molar-refractivity contribution in [3.63, 3.8) is 0 Å². The minimum Gasteiger partial charge on any atom is -0.507 e. The van der Waals surface area contributed by atoms with Crippen molar-refractivity contribution in [2.45, 2.75) is 20.0 Å². The number of aromatic hydroxyl groups is 1. The van der Waals surface area contributed by atoms with Gasteiger partial charge in [-0.1, -0.05) is 23.2 Å². The van der Waals surface area contributed by atoms with Crippen molar-refractivity contribution in [1.29, 1.82) is 0 Å². The molecule has 1 atom stereocenters. The molecule has 0 unspecified atom stereocenters. The Morgan fingerprint density at radius 2 is 1.92 bits per heavy atom. The third-order valence-corrected chi connectivity index (χ3v) is 3.68. The number of nitrogens with one attached hydrogen (secondary N) is 1. The highest BCUT2D eigenvalue weighted by atomic mass is 35.5. The van der Waals surface area contributed by atoms with Crippen LogP contribution in [0.5, 0.6) is 11.5 Å². The predicted molar refractivity (Wildman–Crippen MR) is 94.4 cm³/mol. The van der Waals surface area contributed by atoms with Crippen LogP contribution >= 0.6 is 11.6 Å². The molecule has 2 aromatic carbocycles. The molecule has 0 radical (unpaired) electrons. The normalized spacial score (nSPS) is 11.5. The highest BCUT2D eigenvalue weighted by Crippen LogP contribution is 2.28. The van der Waals surface area contributed by atoms with Crippen LogP contribution < -0.4 is 10.1 Å². The molecule has 0 saturated heterocycles. The molecule has 2 N–H and O–H groups in total. The van der Waals surface area contributed by atoms with E-state index in [2.05, 4.69) is 5.32 Å². The van der Waals surface area contributed by atoms with Gasteiger partial charge in [-0.15, -0.1) is 0 Å². The summed E-state index contributed by atoms with van der Waals surface area (Å²) < 4.78 is 10.3. The minimum atomic E-state index is -1.09. The van der Waals surface area contributed by atoms with Crippen molar-refractivity contribution >= 4 is 29.2 Å². The van der Waals surface area contributed by atoms with Crippen molar-refractivity contribution in [2.75, 3.05) is 12.4 Å². The van der Waals surface area contributed by atoms with Gasteiger partial charge in [-0.3, -0.25) is 4.79 Å². The molecule has 0 aliphatic rings. The summed E-state index contributed by atoms with van der Waals surface area (Å²) in [5.74, 6) is -1.13. The highest BCUT2D eigenvalue weighted by Gasteiger charge is 2.22. The summed E-state index contributed by atoms with van der Waals surface area (Å²) >= 11 is 5.91. The van der Waals surface area contributed by atoms with E-state index < -0.39 is 18.0 Å². The molecule has 0 bridgehead atoms. The second-order valence-electron chi connectivity index (χ2n) is 5.40. The van der Waals surface area contributed by atoms with Crippen molar-refractivity contribution in [1.82, 2.24) is 0 Å². The number of aryl methyl sites for hydroxylation is 1. The molecular weight excluding hydrogens is 346 g/mol. The van der Waals surface area contributed by atoms with E-state index in [-0.39, 0.29) is 11.3 Å². The second-order valence-corrected chi connectivity index (χ2v) is 5.84. The van der Waals surface area contributed by atoms with Crippen LogP contribution in [0.3, 0.4) is 0 Å². The van der Waals surface area contributed by atoms with Crippen LogP contribution in [0.2, 0.25) is 5.02 Å². The maximum absolute atomic E-state index is 12.3. The quantitative estimate of drug-likeness (QED) is 0.793. The maximum Gasteiger partial charge on any atom is 0.342 e. The van der Waals surface area contributed by atoms with Crippen LogP contribution in [0, 0.1) is 6.92 Å². The second kappa shape index (κ2) is 7.90. The van der Waals surface area contributed by atoms with Crippen LogP contribution in [0.15, 0.2) is 36.4 Å². The SMILES string of the molecule is COc1ccc(Cl)cc1NC(=O)[C@@H](C)OC(=O)c1cc(C)ccc1O. The first-order valence-electron chi connectivity index (χ1n) is 7.47. The molecule has 0 fully saturated rings. The molecule has 0 heterocycles. The molecule has 1 amide bonds. The number of carbonyl (C=O) groups excluding carboxylic acids is 2. The number of rotatable bonds is 5. The largest absolute Gasteiger partial charge is 0.507 e. The van der Waals surface area contributed by atoms with Crippen LogP contribution in [0.25, 0.3) is 0 Å². The fourth-order valence-electron chi connectivity index (χ4n) is 2.10. The van der Waals surface area contributed by atoms with Gasteiger partial charge in [-0.05, 0) is 44.2 Å². The average molecular weight is 364 g/mol. The van der Waals surface area contributed by atoms with Crippen molar-refractivity contribution < 1.29 is 24.2 Å². The van der Waals surface area contributed by atoms with E-state index in [1.165, 1.54) is 32.2 Å². The number of methoxy groups -OCH3 is 1. The molecule has 0 saturated carbocycles. The molecule has 2 rings (SSSR count). The number of benzene rings is 2. The number of anilines is 1. The Morgan fingerprint density at radius 1 is 1.20 bits per heavy atom. The molecule has 0 aliphatic heterocycles. The lowest BCUT2D eigenvalue weighted by molar-refractivity contribution is -0.123. The average Bonchev–Trinajstić information content (AvgIpc) is 2.57. The summed E-state index contributed by atoms with van der Waals surface area (Å²) in [6, 6.07) is 9.31. The third-order valence-electron chi connectivity index (χ3n) is 3.44. The van der Waals surface area contributed by atoms with E-state index in [4.69, 9.17) is 21.1 Å². The van der Waals surface area contributed by atoms with E-state index in [0.29, 0.717) is 16.5 Å². The van der Waals surface area contributed by atoms with Gasteiger partial charge in [-0.2, -0.15) is 0 Å². The lowest BCUT2D eigenvalue weighted by atomic mass is 10.1. The van der Waals surface area contributed by atoms with Gasteiger partial charge in [0.15, 0.2) is 6.10 Å². The number of hydrogen-bond donors (Lipinski definition) is 2. The summed E-state index contributed by atoms with van der Waals surface area (Å²) in [7, 11) is 1.46. The molecule has 2 aromatic rings. The first-order chi connectivity index (χ1) is 11.8. The van der Waals surface area contributed by atoms with Crippen molar-refractivity contribution in [2.24, 2.45) is 0 Å². The van der Waals surface area contributed by atoms with Gasteiger partial charge in [0.05, 0.1) is 12.8 Å². The van der Waals surface area contributed by atoms with E-state index in [1.807, 2.05) is 0 Å². The summed E-state index contributed by atoms with van der Waals surface area (Å²) in [5, 5.41) is 12.8. The van der Waals surface area contributed by atoms with Crippen molar-refractivity contribution in [3.8, 4) is 11.5 Å². The third kappa shape index (κ3) is 4.64. The molecule has 0 spiro atoms. The summed E-state index contributed by atoms with van der Waals surface area (Å²) in [6.07, 6.45) is -1.09. The van der Waals surface area contributed by atoms with E-state index in [0.717, 1.165) is 5.56 Å². The van der Waals surface area contributed by atoms with Gasteiger partial charge in [-0.25, -0.2) is 4.79 Å². The first kappa shape index (κ1) is 18.6. The van der Waals surface area contributed by atoms with Gasteiger partial charge in [0, 0.05) is 5.02 Å². The summed E-state index contributed by atoms with van der Waals surface area (Å²) in [6.45, 7) is 3.20. The number of ether oxygens (including phenoxy) is 2. The number of amides is 1. The topological polar surface area (TPSA) is 84.9 Å². The minimum absolute atomic E-state index is 0.0000129. The standard InChI is InChI=1S/C18H18ClNO5/c1-10-4-6-15(21)13(8-10)18(23)25-11(2)17(22)20-14-9-12(19)5-7-16(14)24-3/h4-9,11,21H,1-3H3,(H,20,22)/t11-/m1/s1. The van der Waals surface area contributed by atoms with E-state index >= 15 is 0 Å². The molecule has 7 heteroatoms. The van der Waals surface area contributed by atoms with Crippen molar-refractivity contribution in [3.05, 3.63) is 52.5 Å². The zero-order valence-electron chi connectivity index (χ0n) is 14.0. The maximum atomic E-state index is 12.3. The van der Waals surface area contributed by atoms with Gasteiger partial charge in [0.2, 0.25) is 0 Å². The molecule has 6 nitrogen and oxygen atoms in total. The number of halogens is 1. The van der Waals surface area contributed by atoms with Crippen LogP contribution in [-0.2, 0) is 9.53 Å². The Balaban J connectivity index is 2.09. The van der Waals surface area contributed by atoms with Gasteiger partial charge >= 0.3 is 5.97 Å². The lowest BCUT2D eigenvalue weighted by Gasteiger charge is -2.16. The monoisotopic (exact) mass is 363 g/mol. The number of phenols is 1. The first-order valence-corrected chi connectivity index (χ1v) is 7.84. The number of esters is 1.